The minimum atomic E-state index is 0.384. The van der Waals surface area contributed by atoms with E-state index in [4.69, 9.17) is 20.9 Å². The van der Waals surface area contributed by atoms with E-state index >= 15 is 0 Å². The van der Waals surface area contributed by atoms with E-state index in [2.05, 4.69) is 12.1 Å². The Kier molecular flexibility index (Phi) is 3.69. The molecule has 0 N–H and O–H groups in total. The summed E-state index contributed by atoms with van der Waals surface area (Å²) in [6.07, 6.45) is 0.880. The lowest BCUT2D eigenvalue weighted by Crippen LogP contribution is -1.97. The van der Waals surface area contributed by atoms with Crippen molar-refractivity contribution in [3.63, 3.8) is 0 Å². The number of benzene rings is 1. The molecule has 1 heterocycles. The van der Waals surface area contributed by atoms with Gasteiger partial charge in [-0.25, -0.2) is 0 Å². The third-order valence-electron chi connectivity index (χ3n) is 2.45. The second kappa shape index (κ2) is 5.23. The van der Waals surface area contributed by atoms with Crippen molar-refractivity contribution in [1.29, 1.82) is 0 Å². The number of ether oxygens (including phenoxy) is 1. The van der Waals surface area contributed by atoms with Crippen molar-refractivity contribution in [2.75, 3.05) is 0 Å². The van der Waals surface area contributed by atoms with Gasteiger partial charge in [-0.2, -0.15) is 0 Å². The summed E-state index contributed by atoms with van der Waals surface area (Å²) in [6.45, 7) is 4.33. The number of aryl methyl sites for hydroxylation is 2. The van der Waals surface area contributed by atoms with Gasteiger partial charge in [0.1, 0.15) is 12.4 Å². The summed E-state index contributed by atoms with van der Waals surface area (Å²) >= 11 is 5.93. The van der Waals surface area contributed by atoms with Crippen LogP contribution in [0, 0.1) is 6.92 Å². The van der Waals surface area contributed by atoms with E-state index in [1.54, 1.807) is 0 Å². The number of rotatable bonds is 4. The fourth-order valence-corrected chi connectivity index (χ4v) is 1.79. The largest absolute Gasteiger partial charge is 0.485 e. The molecule has 0 unspecified atom stereocenters. The van der Waals surface area contributed by atoms with E-state index < -0.39 is 0 Å². The molecule has 17 heavy (non-hydrogen) atoms. The molecule has 1 aromatic carbocycles. The van der Waals surface area contributed by atoms with Crippen LogP contribution < -0.4 is 4.74 Å². The zero-order chi connectivity index (χ0) is 12.3. The van der Waals surface area contributed by atoms with E-state index in [0.717, 1.165) is 34.2 Å². The third kappa shape index (κ3) is 3.01. The molecule has 0 radical (unpaired) electrons. The molecule has 2 rings (SSSR count). The first kappa shape index (κ1) is 12.0. The summed E-state index contributed by atoms with van der Waals surface area (Å²) in [4.78, 5) is 0. The van der Waals surface area contributed by atoms with Crippen LogP contribution >= 0.6 is 11.6 Å². The van der Waals surface area contributed by atoms with Crippen LogP contribution in [-0.2, 0) is 13.0 Å². The molecule has 0 aliphatic rings. The zero-order valence-electron chi connectivity index (χ0n) is 9.87. The summed E-state index contributed by atoms with van der Waals surface area (Å²) in [7, 11) is 0. The van der Waals surface area contributed by atoms with Gasteiger partial charge in [-0.05, 0) is 37.1 Å². The Morgan fingerprint density at radius 2 is 2.18 bits per heavy atom. The highest BCUT2D eigenvalue weighted by molar-refractivity contribution is 6.30. The van der Waals surface area contributed by atoms with Crippen LogP contribution in [0.25, 0.3) is 0 Å². The quantitative estimate of drug-likeness (QED) is 0.830. The SMILES string of the molecule is CCc1cc(Cl)ccc1OCc1cc(C)no1. The minimum absolute atomic E-state index is 0.384. The van der Waals surface area contributed by atoms with Crippen LogP contribution in [0.2, 0.25) is 5.02 Å². The smallest absolute Gasteiger partial charge is 0.174 e. The summed E-state index contributed by atoms with van der Waals surface area (Å²) in [6, 6.07) is 7.48. The molecular weight excluding hydrogens is 238 g/mol. The maximum atomic E-state index is 5.93. The minimum Gasteiger partial charge on any atom is -0.485 e. The maximum Gasteiger partial charge on any atom is 0.174 e. The molecule has 0 spiro atoms. The molecular formula is C13H14ClNO2. The molecule has 3 nitrogen and oxygen atoms in total. The summed E-state index contributed by atoms with van der Waals surface area (Å²) in [5.74, 6) is 1.56. The van der Waals surface area contributed by atoms with Gasteiger partial charge in [0.2, 0.25) is 0 Å². The standard InChI is InChI=1S/C13H14ClNO2/c1-3-10-7-11(14)4-5-13(10)16-8-12-6-9(2)15-17-12/h4-7H,3,8H2,1-2H3. The van der Waals surface area contributed by atoms with Gasteiger partial charge in [-0.15, -0.1) is 0 Å². The van der Waals surface area contributed by atoms with Gasteiger partial charge in [0.05, 0.1) is 5.69 Å². The normalized spacial score (nSPS) is 10.5. The lowest BCUT2D eigenvalue weighted by atomic mass is 10.1. The van der Waals surface area contributed by atoms with E-state index in [0.29, 0.717) is 6.61 Å². The predicted molar refractivity (Wildman–Crippen MR) is 66.4 cm³/mol. The third-order valence-corrected chi connectivity index (χ3v) is 2.69. The molecule has 0 amide bonds. The molecule has 0 aliphatic heterocycles. The number of aromatic nitrogens is 1. The molecule has 2 aromatic rings. The first-order valence-electron chi connectivity index (χ1n) is 5.52. The summed E-state index contributed by atoms with van der Waals surface area (Å²) in [5.41, 5.74) is 1.95. The highest BCUT2D eigenvalue weighted by Gasteiger charge is 2.06. The van der Waals surface area contributed by atoms with Crippen LogP contribution in [0.15, 0.2) is 28.8 Å². The number of halogens is 1. The average Bonchev–Trinajstić information content (AvgIpc) is 2.73. The number of hydrogen-bond acceptors (Lipinski definition) is 3. The fourth-order valence-electron chi connectivity index (χ4n) is 1.60. The Balaban J connectivity index is 2.08. The van der Waals surface area contributed by atoms with E-state index in [1.165, 1.54) is 0 Å². The molecule has 0 aliphatic carbocycles. The maximum absolute atomic E-state index is 5.93. The van der Waals surface area contributed by atoms with Crippen molar-refractivity contribution in [2.45, 2.75) is 26.9 Å². The van der Waals surface area contributed by atoms with Crippen molar-refractivity contribution in [1.82, 2.24) is 5.16 Å². The highest BCUT2D eigenvalue weighted by Crippen LogP contribution is 2.24. The Labute approximate surface area is 105 Å². The van der Waals surface area contributed by atoms with Crippen molar-refractivity contribution >= 4 is 11.6 Å². The van der Waals surface area contributed by atoms with Crippen LogP contribution in [-0.4, -0.2) is 5.16 Å². The van der Waals surface area contributed by atoms with Crippen LogP contribution in [0.5, 0.6) is 5.75 Å². The van der Waals surface area contributed by atoms with Crippen molar-refractivity contribution in [3.05, 3.63) is 46.3 Å². The van der Waals surface area contributed by atoms with Gasteiger partial charge in [-0.1, -0.05) is 23.7 Å². The van der Waals surface area contributed by atoms with Gasteiger partial charge in [-0.3, -0.25) is 0 Å². The number of hydrogen-bond donors (Lipinski definition) is 0. The van der Waals surface area contributed by atoms with E-state index in [-0.39, 0.29) is 0 Å². The first-order valence-corrected chi connectivity index (χ1v) is 5.90. The van der Waals surface area contributed by atoms with Gasteiger partial charge in [0.15, 0.2) is 5.76 Å². The molecule has 4 heteroatoms. The second-order valence-corrected chi connectivity index (χ2v) is 4.27. The van der Waals surface area contributed by atoms with Crippen molar-refractivity contribution in [2.24, 2.45) is 0 Å². The highest BCUT2D eigenvalue weighted by atomic mass is 35.5. The van der Waals surface area contributed by atoms with Crippen LogP contribution in [0.3, 0.4) is 0 Å². The molecule has 0 atom stereocenters. The lowest BCUT2D eigenvalue weighted by Gasteiger charge is -2.09. The topological polar surface area (TPSA) is 35.3 Å². The summed E-state index contributed by atoms with van der Waals surface area (Å²) < 4.78 is 10.8. The van der Waals surface area contributed by atoms with Gasteiger partial charge >= 0.3 is 0 Å². The van der Waals surface area contributed by atoms with Gasteiger partial charge in [0, 0.05) is 11.1 Å². The molecule has 0 fully saturated rings. The molecule has 0 saturated heterocycles. The monoisotopic (exact) mass is 251 g/mol. The van der Waals surface area contributed by atoms with Crippen molar-refractivity contribution in [3.8, 4) is 5.75 Å². The molecule has 0 bridgehead atoms. The lowest BCUT2D eigenvalue weighted by molar-refractivity contribution is 0.247. The van der Waals surface area contributed by atoms with Crippen LogP contribution in [0.1, 0.15) is 23.9 Å². The Bertz CT molecular complexity index is 508. The fraction of sp³-hybridized carbons (Fsp3) is 0.308. The van der Waals surface area contributed by atoms with Gasteiger partial charge in [0.25, 0.3) is 0 Å². The second-order valence-electron chi connectivity index (χ2n) is 3.83. The van der Waals surface area contributed by atoms with E-state index in [1.807, 2.05) is 31.2 Å². The van der Waals surface area contributed by atoms with Gasteiger partial charge < -0.3 is 9.26 Å². The van der Waals surface area contributed by atoms with Crippen molar-refractivity contribution < 1.29 is 9.26 Å². The summed E-state index contributed by atoms with van der Waals surface area (Å²) in [5, 5.41) is 4.54. The zero-order valence-corrected chi connectivity index (χ0v) is 10.6. The number of nitrogens with zero attached hydrogens (tertiary/aromatic N) is 1. The predicted octanol–water partition coefficient (Wildman–Crippen LogP) is 3.78. The van der Waals surface area contributed by atoms with E-state index in [9.17, 15) is 0 Å². The van der Waals surface area contributed by atoms with Crippen LogP contribution in [0.4, 0.5) is 0 Å². The molecule has 90 valence electrons. The Morgan fingerprint density at radius 3 is 2.82 bits per heavy atom. The molecule has 0 saturated carbocycles. The Hall–Kier alpha value is -1.48. The average molecular weight is 252 g/mol. The first-order chi connectivity index (χ1) is 8.19. The Morgan fingerprint density at radius 1 is 1.35 bits per heavy atom. The molecule has 1 aromatic heterocycles.